The molecule has 0 bridgehead atoms. The highest BCUT2D eigenvalue weighted by Gasteiger charge is 2.46. The van der Waals surface area contributed by atoms with Crippen LogP contribution in [0, 0.1) is 0 Å². The molecule has 2 aliphatic rings. The van der Waals surface area contributed by atoms with Gasteiger partial charge in [0.15, 0.2) is 0 Å². The van der Waals surface area contributed by atoms with Gasteiger partial charge in [0.25, 0.3) is 0 Å². The maximum Gasteiger partial charge on any atom is 0.110 e. The third kappa shape index (κ3) is 3.21. The molecule has 21 heavy (non-hydrogen) atoms. The zero-order valence-electron chi connectivity index (χ0n) is 11.3. The van der Waals surface area contributed by atoms with Gasteiger partial charge in [-0.15, -0.1) is 0 Å². The molecule has 0 aromatic heterocycles. The molecule has 2 rings (SSSR count). The van der Waals surface area contributed by atoms with Gasteiger partial charge in [0.2, 0.25) is 0 Å². The summed E-state index contributed by atoms with van der Waals surface area (Å²) in [4.78, 5) is 0. The van der Waals surface area contributed by atoms with Crippen molar-refractivity contribution in [3.8, 4) is 0 Å². The smallest absolute Gasteiger partial charge is 0.110 e. The fraction of sp³-hybridized carbons (Fsp3) is 1.00. The minimum Gasteiger partial charge on any atom is -0.390 e. The summed E-state index contributed by atoms with van der Waals surface area (Å²) in [6.07, 6.45) is -11.4. The van der Waals surface area contributed by atoms with Crippen LogP contribution in [0.15, 0.2) is 0 Å². The molecule has 9 heteroatoms. The molecule has 124 valence electrons. The van der Waals surface area contributed by atoms with Gasteiger partial charge < -0.3 is 46.2 Å². The largest absolute Gasteiger partial charge is 0.390 e. The van der Waals surface area contributed by atoms with Crippen LogP contribution in [0.5, 0.6) is 0 Å². The summed E-state index contributed by atoms with van der Waals surface area (Å²) >= 11 is 0. The zero-order chi connectivity index (χ0) is 15.9. The summed E-state index contributed by atoms with van der Waals surface area (Å²) in [7, 11) is 0. The first-order valence-electron chi connectivity index (χ1n) is 6.94. The Hall–Kier alpha value is -0.360. The number of aliphatic hydroxyl groups is 8. The Labute approximate surface area is 121 Å². The monoisotopic (exact) mass is 309 g/mol. The molecule has 0 aliphatic heterocycles. The lowest BCUT2D eigenvalue weighted by atomic mass is 9.82. The predicted octanol–water partition coefficient (Wildman–Crippen LogP) is -4.99. The SMILES string of the molecule is O[C@@H]1[C@@H](O)[C@H](O)C[C@H](NC2C[C@@H](O)[C@H](O)[C@@H](O)[C@H]2O)[C@@H]1O. The van der Waals surface area contributed by atoms with Crippen molar-refractivity contribution in [3.05, 3.63) is 0 Å². The van der Waals surface area contributed by atoms with E-state index in [1.54, 1.807) is 0 Å². The lowest BCUT2D eigenvalue weighted by molar-refractivity contribution is -0.165. The molecule has 9 N–H and O–H groups in total. The van der Waals surface area contributed by atoms with Crippen molar-refractivity contribution in [3.63, 3.8) is 0 Å². The first-order chi connectivity index (χ1) is 9.73. The van der Waals surface area contributed by atoms with Gasteiger partial charge in [0.05, 0.1) is 24.4 Å². The summed E-state index contributed by atoms with van der Waals surface area (Å²) < 4.78 is 0. The van der Waals surface area contributed by atoms with Crippen molar-refractivity contribution in [2.24, 2.45) is 0 Å². The van der Waals surface area contributed by atoms with Crippen LogP contribution in [0.3, 0.4) is 0 Å². The molecule has 1 unspecified atom stereocenters. The Morgan fingerprint density at radius 1 is 0.476 bits per heavy atom. The highest BCUT2D eigenvalue weighted by molar-refractivity contribution is 5.01. The molecule has 0 amide bonds. The van der Waals surface area contributed by atoms with Crippen molar-refractivity contribution in [2.45, 2.75) is 73.8 Å². The van der Waals surface area contributed by atoms with E-state index >= 15 is 0 Å². The summed E-state index contributed by atoms with van der Waals surface area (Å²) in [6.45, 7) is 0. The van der Waals surface area contributed by atoms with E-state index in [9.17, 15) is 40.9 Å². The van der Waals surface area contributed by atoms with E-state index in [1.165, 1.54) is 0 Å². The maximum absolute atomic E-state index is 9.89. The molecule has 0 aromatic rings. The lowest BCUT2D eigenvalue weighted by Crippen LogP contribution is -2.66. The molecule has 0 heterocycles. The second-order valence-corrected chi connectivity index (χ2v) is 5.93. The molecule has 2 aliphatic carbocycles. The predicted molar refractivity (Wildman–Crippen MR) is 68.0 cm³/mol. The number of rotatable bonds is 2. The van der Waals surface area contributed by atoms with Gasteiger partial charge in [-0.25, -0.2) is 0 Å². The van der Waals surface area contributed by atoms with E-state index in [2.05, 4.69) is 5.32 Å². The van der Waals surface area contributed by atoms with Gasteiger partial charge in [0.1, 0.15) is 24.4 Å². The second-order valence-electron chi connectivity index (χ2n) is 5.93. The van der Waals surface area contributed by atoms with E-state index in [1.807, 2.05) is 0 Å². The fourth-order valence-corrected chi connectivity index (χ4v) is 3.02. The first-order valence-corrected chi connectivity index (χ1v) is 6.94. The number of hydrogen-bond acceptors (Lipinski definition) is 9. The summed E-state index contributed by atoms with van der Waals surface area (Å²) in [5, 5.41) is 79.9. The molecule has 2 fully saturated rings. The van der Waals surface area contributed by atoms with Crippen LogP contribution >= 0.6 is 0 Å². The van der Waals surface area contributed by atoms with E-state index in [0.29, 0.717) is 0 Å². The summed E-state index contributed by atoms with van der Waals surface area (Å²) in [5.41, 5.74) is 0. The van der Waals surface area contributed by atoms with E-state index in [0.717, 1.165) is 0 Å². The number of nitrogens with one attached hydrogen (secondary N) is 1. The van der Waals surface area contributed by atoms with Gasteiger partial charge >= 0.3 is 0 Å². The quantitative estimate of drug-likeness (QED) is 0.242. The van der Waals surface area contributed by atoms with Gasteiger partial charge in [-0.05, 0) is 12.8 Å². The van der Waals surface area contributed by atoms with Gasteiger partial charge in [-0.2, -0.15) is 0 Å². The Morgan fingerprint density at radius 2 is 0.810 bits per heavy atom. The van der Waals surface area contributed by atoms with Crippen LogP contribution in [-0.2, 0) is 0 Å². The average Bonchev–Trinajstić information content (AvgIpc) is 2.45. The zero-order valence-corrected chi connectivity index (χ0v) is 11.3. The third-order valence-corrected chi connectivity index (χ3v) is 4.43. The van der Waals surface area contributed by atoms with Crippen LogP contribution in [-0.4, -0.2) is 102 Å². The normalized spacial score (nSPS) is 55.4. The van der Waals surface area contributed by atoms with Crippen molar-refractivity contribution in [1.82, 2.24) is 5.32 Å². The molecule has 0 spiro atoms. The molecule has 0 saturated heterocycles. The van der Waals surface area contributed by atoms with Crippen LogP contribution < -0.4 is 5.32 Å². The molecule has 2 saturated carbocycles. The molecular weight excluding hydrogens is 286 g/mol. The highest BCUT2D eigenvalue weighted by atomic mass is 16.4. The van der Waals surface area contributed by atoms with Gasteiger partial charge in [0, 0.05) is 12.1 Å². The minimum atomic E-state index is -1.55. The van der Waals surface area contributed by atoms with Gasteiger partial charge in [-0.3, -0.25) is 0 Å². The number of aliphatic hydroxyl groups excluding tert-OH is 8. The summed E-state index contributed by atoms with van der Waals surface area (Å²) in [6, 6.07) is -1.68. The van der Waals surface area contributed by atoms with Crippen molar-refractivity contribution < 1.29 is 40.9 Å². The molecular formula is C12H23NO8. The Bertz CT molecular complexity index is 326. The molecule has 0 radical (unpaired) electrons. The maximum atomic E-state index is 9.89. The van der Waals surface area contributed by atoms with Gasteiger partial charge in [-0.1, -0.05) is 0 Å². The molecule has 0 aromatic carbocycles. The average molecular weight is 309 g/mol. The van der Waals surface area contributed by atoms with Crippen LogP contribution in [0.1, 0.15) is 12.8 Å². The van der Waals surface area contributed by atoms with Crippen molar-refractivity contribution in [1.29, 1.82) is 0 Å². The topological polar surface area (TPSA) is 174 Å². The standard InChI is InChI=1S/C12H23NO8/c14-5-1-3(7(16)11(20)9(5)18)13-4-2-6(15)10(19)12(21)8(4)17/h3-21H,1-2H2/t3-,4?,5+,6+,7-,8-,9-,10-,11-,12-/m0/s1. The number of hydrogen-bond donors (Lipinski definition) is 9. The van der Waals surface area contributed by atoms with Crippen LogP contribution in [0.25, 0.3) is 0 Å². The van der Waals surface area contributed by atoms with Crippen molar-refractivity contribution >= 4 is 0 Å². The highest BCUT2D eigenvalue weighted by Crippen LogP contribution is 2.25. The van der Waals surface area contributed by atoms with Crippen LogP contribution in [0.4, 0.5) is 0 Å². The molecule has 10 atom stereocenters. The second kappa shape index (κ2) is 6.41. The van der Waals surface area contributed by atoms with Crippen LogP contribution in [0.2, 0.25) is 0 Å². The van der Waals surface area contributed by atoms with Crippen molar-refractivity contribution in [2.75, 3.05) is 0 Å². The first kappa shape index (κ1) is 17.0. The Morgan fingerprint density at radius 3 is 1.14 bits per heavy atom. The minimum absolute atomic E-state index is 0.0721. The molecule has 9 nitrogen and oxygen atoms in total. The Balaban J connectivity index is 2.03. The van der Waals surface area contributed by atoms with E-state index < -0.39 is 60.9 Å². The summed E-state index contributed by atoms with van der Waals surface area (Å²) in [5.74, 6) is 0. The Kier molecular flexibility index (Phi) is 5.19. The fourth-order valence-electron chi connectivity index (χ4n) is 3.02. The van der Waals surface area contributed by atoms with E-state index in [4.69, 9.17) is 0 Å². The lowest BCUT2D eigenvalue weighted by Gasteiger charge is -2.44. The van der Waals surface area contributed by atoms with E-state index in [-0.39, 0.29) is 12.8 Å². The third-order valence-electron chi connectivity index (χ3n) is 4.43.